The molecular formula is C11H15FN4. The minimum atomic E-state index is -0.268. The SMILES string of the molecule is Cc1ncnc(N2C[C@H]3CNC[C@H]3C2)c1F. The van der Waals surface area contributed by atoms with Gasteiger partial charge in [0.2, 0.25) is 0 Å². The lowest BCUT2D eigenvalue weighted by Crippen LogP contribution is -2.27. The Balaban J connectivity index is 1.86. The molecule has 2 fully saturated rings. The summed E-state index contributed by atoms with van der Waals surface area (Å²) in [5.74, 6) is 1.50. The molecule has 1 aromatic rings. The number of rotatable bonds is 1. The van der Waals surface area contributed by atoms with Crippen LogP contribution in [-0.4, -0.2) is 36.1 Å². The van der Waals surface area contributed by atoms with Gasteiger partial charge in [0, 0.05) is 26.2 Å². The number of hydrogen-bond donors (Lipinski definition) is 1. The molecule has 1 aromatic heterocycles. The summed E-state index contributed by atoms with van der Waals surface area (Å²) < 4.78 is 13.8. The molecule has 2 atom stereocenters. The topological polar surface area (TPSA) is 41.1 Å². The highest BCUT2D eigenvalue weighted by Crippen LogP contribution is 2.30. The van der Waals surface area contributed by atoms with Crippen LogP contribution in [-0.2, 0) is 0 Å². The van der Waals surface area contributed by atoms with E-state index in [2.05, 4.69) is 20.2 Å². The minimum absolute atomic E-state index is 0.268. The maximum atomic E-state index is 13.8. The van der Waals surface area contributed by atoms with Crippen molar-refractivity contribution in [2.24, 2.45) is 11.8 Å². The fourth-order valence-electron chi connectivity index (χ4n) is 2.69. The number of aryl methyl sites for hydroxylation is 1. The van der Waals surface area contributed by atoms with E-state index in [9.17, 15) is 4.39 Å². The van der Waals surface area contributed by atoms with Crippen LogP contribution in [0.3, 0.4) is 0 Å². The lowest BCUT2D eigenvalue weighted by Gasteiger charge is -2.19. The van der Waals surface area contributed by atoms with Crippen molar-refractivity contribution >= 4 is 5.82 Å². The Morgan fingerprint density at radius 1 is 1.31 bits per heavy atom. The molecule has 0 radical (unpaired) electrons. The van der Waals surface area contributed by atoms with E-state index < -0.39 is 0 Å². The first kappa shape index (κ1) is 9.96. The Labute approximate surface area is 93.9 Å². The van der Waals surface area contributed by atoms with E-state index in [4.69, 9.17) is 0 Å². The maximum Gasteiger partial charge on any atom is 0.186 e. The van der Waals surface area contributed by atoms with Gasteiger partial charge in [0.25, 0.3) is 0 Å². The van der Waals surface area contributed by atoms with Crippen LogP contribution in [0.5, 0.6) is 0 Å². The predicted octanol–water partition coefficient (Wildman–Crippen LogP) is 0.580. The number of aromatic nitrogens is 2. The number of nitrogens with one attached hydrogen (secondary N) is 1. The molecule has 0 spiro atoms. The number of halogens is 1. The first-order valence-corrected chi connectivity index (χ1v) is 5.68. The third-order valence-electron chi connectivity index (χ3n) is 3.63. The molecular weight excluding hydrogens is 207 g/mol. The highest BCUT2D eigenvalue weighted by Gasteiger charge is 2.37. The summed E-state index contributed by atoms with van der Waals surface area (Å²) in [6.07, 6.45) is 1.44. The Hall–Kier alpha value is -1.23. The number of fused-ring (bicyclic) bond motifs is 1. The van der Waals surface area contributed by atoms with Gasteiger partial charge >= 0.3 is 0 Å². The number of hydrogen-bond acceptors (Lipinski definition) is 4. The number of nitrogens with zero attached hydrogens (tertiary/aromatic N) is 3. The Morgan fingerprint density at radius 2 is 2.00 bits per heavy atom. The standard InChI is InChI=1S/C11H15FN4/c1-7-10(12)11(15-6-14-7)16-4-8-2-13-3-9(8)5-16/h6,8-9,13H,2-5H2,1H3/t8-,9+. The van der Waals surface area contributed by atoms with E-state index in [1.54, 1.807) is 6.92 Å². The zero-order chi connectivity index (χ0) is 11.1. The summed E-state index contributed by atoms with van der Waals surface area (Å²) in [6.45, 7) is 5.59. The second-order valence-electron chi connectivity index (χ2n) is 4.68. The lowest BCUT2D eigenvalue weighted by atomic mass is 10.0. The van der Waals surface area contributed by atoms with Gasteiger partial charge in [-0.2, -0.15) is 0 Å². The molecule has 5 heteroatoms. The van der Waals surface area contributed by atoms with Crippen LogP contribution >= 0.6 is 0 Å². The zero-order valence-electron chi connectivity index (χ0n) is 9.28. The molecule has 2 aliphatic rings. The van der Waals surface area contributed by atoms with Crippen LogP contribution in [0.15, 0.2) is 6.33 Å². The molecule has 3 heterocycles. The Bertz CT molecular complexity index is 397. The van der Waals surface area contributed by atoms with Crippen LogP contribution in [0, 0.1) is 24.6 Å². The van der Waals surface area contributed by atoms with Crippen LogP contribution < -0.4 is 10.2 Å². The fraction of sp³-hybridized carbons (Fsp3) is 0.636. The minimum Gasteiger partial charge on any atom is -0.353 e. The third kappa shape index (κ3) is 1.46. The van der Waals surface area contributed by atoms with E-state index in [0.29, 0.717) is 23.3 Å². The van der Waals surface area contributed by atoms with Gasteiger partial charge in [-0.3, -0.25) is 0 Å². The smallest absolute Gasteiger partial charge is 0.186 e. The van der Waals surface area contributed by atoms with E-state index in [1.807, 2.05) is 0 Å². The van der Waals surface area contributed by atoms with Gasteiger partial charge in [0.15, 0.2) is 11.6 Å². The van der Waals surface area contributed by atoms with Gasteiger partial charge in [-0.15, -0.1) is 0 Å². The number of anilines is 1. The molecule has 0 bridgehead atoms. The van der Waals surface area contributed by atoms with Crippen molar-refractivity contribution < 1.29 is 4.39 Å². The van der Waals surface area contributed by atoms with E-state index in [0.717, 1.165) is 26.2 Å². The molecule has 4 nitrogen and oxygen atoms in total. The van der Waals surface area contributed by atoms with Crippen molar-refractivity contribution in [3.63, 3.8) is 0 Å². The van der Waals surface area contributed by atoms with Crippen LogP contribution in [0.2, 0.25) is 0 Å². The summed E-state index contributed by atoms with van der Waals surface area (Å²) in [7, 11) is 0. The monoisotopic (exact) mass is 222 g/mol. The fourth-order valence-corrected chi connectivity index (χ4v) is 2.69. The molecule has 0 aliphatic carbocycles. The quantitative estimate of drug-likeness (QED) is 0.754. The molecule has 0 unspecified atom stereocenters. The van der Waals surface area contributed by atoms with E-state index >= 15 is 0 Å². The van der Waals surface area contributed by atoms with Crippen molar-refractivity contribution in [2.75, 3.05) is 31.1 Å². The largest absolute Gasteiger partial charge is 0.353 e. The zero-order valence-corrected chi connectivity index (χ0v) is 9.28. The highest BCUT2D eigenvalue weighted by atomic mass is 19.1. The molecule has 0 amide bonds. The van der Waals surface area contributed by atoms with Crippen molar-refractivity contribution in [1.29, 1.82) is 0 Å². The maximum absolute atomic E-state index is 13.8. The summed E-state index contributed by atoms with van der Waals surface area (Å²) in [5, 5.41) is 3.37. The van der Waals surface area contributed by atoms with Crippen LogP contribution in [0.4, 0.5) is 10.2 Å². The Kier molecular flexibility index (Phi) is 2.28. The first-order valence-electron chi connectivity index (χ1n) is 5.68. The van der Waals surface area contributed by atoms with E-state index in [1.165, 1.54) is 6.33 Å². The first-order chi connectivity index (χ1) is 7.75. The molecule has 86 valence electrons. The van der Waals surface area contributed by atoms with Gasteiger partial charge in [0.1, 0.15) is 6.33 Å². The van der Waals surface area contributed by atoms with Gasteiger partial charge in [-0.25, -0.2) is 14.4 Å². The normalized spacial score (nSPS) is 28.5. The Morgan fingerprint density at radius 3 is 2.69 bits per heavy atom. The van der Waals surface area contributed by atoms with Gasteiger partial charge in [-0.05, 0) is 18.8 Å². The van der Waals surface area contributed by atoms with Crippen LogP contribution in [0.25, 0.3) is 0 Å². The average Bonchev–Trinajstić information content (AvgIpc) is 2.81. The van der Waals surface area contributed by atoms with Gasteiger partial charge < -0.3 is 10.2 Å². The molecule has 2 aliphatic heterocycles. The van der Waals surface area contributed by atoms with Gasteiger partial charge in [-0.1, -0.05) is 0 Å². The highest BCUT2D eigenvalue weighted by molar-refractivity contribution is 5.42. The van der Waals surface area contributed by atoms with Gasteiger partial charge in [0.05, 0.1) is 5.69 Å². The summed E-state index contributed by atoms with van der Waals surface area (Å²) in [6, 6.07) is 0. The summed E-state index contributed by atoms with van der Waals surface area (Å²) >= 11 is 0. The average molecular weight is 222 g/mol. The molecule has 2 saturated heterocycles. The second-order valence-corrected chi connectivity index (χ2v) is 4.68. The lowest BCUT2D eigenvalue weighted by molar-refractivity contribution is 0.533. The second kappa shape index (κ2) is 3.66. The molecule has 16 heavy (non-hydrogen) atoms. The van der Waals surface area contributed by atoms with Crippen LogP contribution in [0.1, 0.15) is 5.69 Å². The molecule has 3 rings (SSSR count). The van der Waals surface area contributed by atoms with Crippen molar-refractivity contribution in [1.82, 2.24) is 15.3 Å². The van der Waals surface area contributed by atoms with E-state index in [-0.39, 0.29) is 5.82 Å². The van der Waals surface area contributed by atoms with Crippen molar-refractivity contribution in [3.8, 4) is 0 Å². The summed E-state index contributed by atoms with van der Waals surface area (Å²) in [4.78, 5) is 9.98. The molecule has 0 aromatic carbocycles. The third-order valence-corrected chi connectivity index (χ3v) is 3.63. The van der Waals surface area contributed by atoms with Crippen molar-refractivity contribution in [2.45, 2.75) is 6.92 Å². The molecule has 0 saturated carbocycles. The van der Waals surface area contributed by atoms with Crippen molar-refractivity contribution in [3.05, 3.63) is 17.8 Å². The predicted molar refractivity (Wildman–Crippen MR) is 58.8 cm³/mol. The summed E-state index contributed by atoms with van der Waals surface area (Å²) in [5.41, 5.74) is 0.431. The molecule has 1 N–H and O–H groups in total.